The summed E-state index contributed by atoms with van der Waals surface area (Å²) in [5.74, 6) is 0.880. The largest absolute Gasteiger partial charge is 0.384 e. The summed E-state index contributed by atoms with van der Waals surface area (Å²) in [6.45, 7) is 4.88. The van der Waals surface area contributed by atoms with Gasteiger partial charge in [0.05, 0.1) is 5.60 Å². The molecule has 1 saturated carbocycles. The Morgan fingerprint density at radius 3 is 2.71 bits per heavy atom. The molecule has 17 heavy (non-hydrogen) atoms. The molecule has 0 spiro atoms. The molecule has 1 unspecified atom stereocenters. The third-order valence-electron chi connectivity index (χ3n) is 3.89. The third kappa shape index (κ3) is 3.54. The third-order valence-corrected chi connectivity index (χ3v) is 4.58. The molecule has 0 bridgehead atoms. The normalized spacial score (nSPS) is 28.9. The van der Waals surface area contributed by atoms with Crippen LogP contribution in [0.2, 0.25) is 0 Å². The number of rotatable bonds is 4. The summed E-state index contributed by atoms with van der Waals surface area (Å²) in [5, 5.41) is 18.0. The van der Waals surface area contributed by atoms with Gasteiger partial charge in [-0.2, -0.15) is 11.3 Å². The smallest absolute Gasteiger partial charge is 0.1000 e. The van der Waals surface area contributed by atoms with Gasteiger partial charge < -0.3 is 10.4 Å². The minimum atomic E-state index is -0.733. The van der Waals surface area contributed by atoms with Gasteiger partial charge in [0.2, 0.25) is 0 Å². The highest BCUT2D eigenvalue weighted by atomic mass is 32.1. The van der Waals surface area contributed by atoms with Gasteiger partial charge in [0, 0.05) is 12.6 Å². The summed E-state index contributed by atoms with van der Waals surface area (Å²) in [4.78, 5) is 0. The van der Waals surface area contributed by atoms with E-state index < -0.39 is 5.60 Å². The molecule has 1 aromatic rings. The lowest BCUT2D eigenvalue weighted by Gasteiger charge is -2.31. The SMILES string of the molecule is CC1CCC(NCC(C)(O)c2ccsc2)CC1. The number of nitrogens with one attached hydrogen (secondary N) is 1. The van der Waals surface area contributed by atoms with Crippen molar-refractivity contribution in [1.82, 2.24) is 5.32 Å². The van der Waals surface area contributed by atoms with E-state index in [0.717, 1.165) is 11.5 Å². The van der Waals surface area contributed by atoms with E-state index in [1.165, 1.54) is 25.7 Å². The Kier molecular flexibility index (Phi) is 4.23. The lowest BCUT2D eigenvalue weighted by Crippen LogP contribution is -2.42. The maximum atomic E-state index is 10.4. The highest BCUT2D eigenvalue weighted by molar-refractivity contribution is 7.08. The van der Waals surface area contributed by atoms with Crippen molar-refractivity contribution < 1.29 is 5.11 Å². The molecular formula is C14H23NOS. The quantitative estimate of drug-likeness (QED) is 0.864. The van der Waals surface area contributed by atoms with Crippen LogP contribution in [0.3, 0.4) is 0 Å². The van der Waals surface area contributed by atoms with E-state index in [9.17, 15) is 5.11 Å². The second-order valence-corrected chi connectivity index (χ2v) is 6.40. The first-order valence-electron chi connectivity index (χ1n) is 6.56. The summed E-state index contributed by atoms with van der Waals surface area (Å²) in [6, 6.07) is 2.60. The highest BCUT2D eigenvalue weighted by Crippen LogP contribution is 2.26. The first-order valence-corrected chi connectivity index (χ1v) is 7.50. The molecule has 3 heteroatoms. The van der Waals surface area contributed by atoms with Crippen LogP contribution in [0, 0.1) is 5.92 Å². The Labute approximate surface area is 108 Å². The second kappa shape index (κ2) is 5.51. The van der Waals surface area contributed by atoms with E-state index in [4.69, 9.17) is 0 Å². The maximum Gasteiger partial charge on any atom is 0.1000 e. The van der Waals surface area contributed by atoms with Gasteiger partial charge in [-0.05, 0) is 60.9 Å². The van der Waals surface area contributed by atoms with Gasteiger partial charge >= 0.3 is 0 Å². The molecular weight excluding hydrogens is 230 g/mol. The predicted molar refractivity (Wildman–Crippen MR) is 73.3 cm³/mol. The zero-order valence-corrected chi connectivity index (χ0v) is 11.6. The molecule has 1 aliphatic carbocycles. The van der Waals surface area contributed by atoms with E-state index in [1.807, 2.05) is 23.8 Å². The van der Waals surface area contributed by atoms with Gasteiger partial charge in [-0.25, -0.2) is 0 Å². The summed E-state index contributed by atoms with van der Waals surface area (Å²) >= 11 is 1.64. The van der Waals surface area contributed by atoms with Crippen LogP contribution in [0.5, 0.6) is 0 Å². The summed E-state index contributed by atoms with van der Waals surface area (Å²) in [6.07, 6.45) is 5.14. The minimum Gasteiger partial charge on any atom is -0.384 e. The molecule has 2 N–H and O–H groups in total. The summed E-state index contributed by atoms with van der Waals surface area (Å²) in [5.41, 5.74) is 0.294. The average Bonchev–Trinajstić information content (AvgIpc) is 2.82. The van der Waals surface area contributed by atoms with Crippen molar-refractivity contribution in [3.05, 3.63) is 22.4 Å². The monoisotopic (exact) mass is 253 g/mol. The number of aliphatic hydroxyl groups is 1. The molecule has 1 atom stereocenters. The molecule has 1 heterocycles. The number of thiophene rings is 1. The zero-order valence-electron chi connectivity index (χ0n) is 10.8. The van der Waals surface area contributed by atoms with E-state index in [2.05, 4.69) is 12.2 Å². The topological polar surface area (TPSA) is 32.3 Å². The number of hydrogen-bond donors (Lipinski definition) is 2. The van der Waals surface area contributed by atoms with Gasteiger partial charge in [-0.15, -0.1) is 0 Å². The van der Waals surface area contributed by atoms with Crippen LogP contribution in [0.4, 0.5) is 0 Å². The molecule has 0 aromatic carbocycles. The van der Waals surface area contributed by atoms with Gasteiger partial charge in [0.15, 0.2) is 0 Å². The first kappa shape index (κ1) is 13.1. The zero-order chi connectivity index (χ0) is 12.3. The van der Waals surface area contributed by atoms with Crippen molar-refractivity contribution in [3.63, 3.8) is 0 Å². The van der Waals surface area contributed by atoms with Gasteiger partial charge in [0.1, 0.15) is 0 Å². The fourth-order valence-corrected chi connectivity index (χ4v) is 3.26. The Morgan fingerprint density at radius 1 is 1.41 bits per heavy atom. The molecule has 1 aromatic heterocycles. The predicted octanol–water partition coefficient (Wildman–Crippen LogP) is 3.12. The van der Waals surface area contributed by atoms with Crippen LogP contribution in [0.15, 0.2) is 16.8 Å². The van der Waals surface area contributed by atoms with Crippen LogP contribution in [-0.2, 0) is 5.60 Å². The fourth-order valence-electron chi connectivity index (χ4n) is 2.48. The van der Waals surface area contributed by atoms with Crippen molar-refractivity contribution in [2.45, 2.75) is 51.2 Å². The maximum absolute atomic E-state index is 10.4. The standard InChI is InChI=1S/C14H23NOS/c1-11-3-5-13(6-4-11)15-10-14(2,16)12-7-8-17-9-12/h7-9,11,13,15-16H,3-6,10H2,1-2H3. The Bertz CT molecular complexity index is 326. The van der Waals surface area contributed by atoms with Crippen LogP contribution in [0.25, 0.3) is 0 Å². The first-order chi connectivity index (χ1) is 8.08. The number of hydrogen-bond acceptors (Lipinski definition) is 3. The average molecular weight is 253 g/mol. The minimum absolute atomic E-state index is 0.594. The summed E-state index contributed by atoms with van der Waals surface area (Å²) < 4.78 is 0. The van der Waals surface area contributed by atoms with Gasteiger partial charge in [-0.3, -0.25) is 0 Å². The highest BCUT2D eigenvalue weighted by Gasteiger charge is 2.25. The van der Waals surface area contributed by atoms with Crippen molar-refractivity contribution in [2.24, 2.45) is 5.92 Å². The van der Waals surface area contributed by atoms with E-state index in [0.29, 0.717) is 12.6 Å². The Morgan fingerprint density at radius 2 is 2.12 bits per heavy atom. The van der Waals surface area contributed by atoms with Crippen molar-refractivity contribution in [1.29, 1.82) is 0 Å². The Balaban J connectivity index is 1.81. The lowest BCUT2D eigenvalue weighted by atomic mass is 9.87. The van der Waals surface area contributed by atoms with E-state index in [-0.39, 0.29) is 0 Å². The molecule has 2 nitrogen and oxygen atoms in total. The molecule has 0 amide bonds. The van der Waals surface area contributed by atoms with Crippen molar-refractivity contribution in [3.8, 4) is 0 Å². The molecule has 1 aliphatic rings. The Hall–Kier alpha value is -0.380. The van der Waals surface area contributed by atoms with Crippen LogP contribution in [-0.4, -0.2) is 17.7 Å². The lowest BCUT2D eigenvalue weighted by molar-refractivity contribution is 0.0520. The fraction of sp³-hybridized carbons (Fsp3) is 0.714. The van der Waals surface area contributed by atoms with Crippen molar-refractivity contribution in [2.75, 3.05) is 6.54 Å². The van der Waals surface area contributed by atoms with Gasteiger partial charge in [-0.1, -0.05) is 6.92 Å². The molecule has 2 rings (SSSR count). The summed E-state index contributed by atoms with van der Waals surface area (Å²) in [7, 11) is 0. The molecule has 0 radical (unpaired) electrons. The molecule has 1 fully saturated rings. The van der Waals surface area contributed by atoms with Crippen LogP contribution in [0.1, 0.15) is 45.1 Å². The van der Waals surface area contributed by atoms with Crippen LogP contribution >= 0.6 is 11.3 Å². The van der Waals surface area contributed by atoms with Crippen LogP contribution < -0.4 is 5.32 Å². The van der Waals surface area contributed by atoms with Crippen molar-refractivity contribution >= 4 is 11.3 Å². The second-order valence-electron chi connectivity index (χ2n) is 5.62. The molecule has 0 aliphatic heterocycles. The molecule has 0 saturated heterocycles. The molecule has 96 valence electrons. The van der Waals surface area contributed by atoms with Gasteiger partial charge in [0.25, 0.3) is 0 Å². The van der Waals surface area contributed by atoms with E-state index >= 15 is 0 Å². The van der Waals surface area contributed by atoms with E-state index in [1.54, 1.807) is 11.3 Å².